The second kappa shape index (κ2) is 6.89. The average molecular weight is 368 g/mol. The number of rotatable bonds is 5. The predicted octanol–water partition coefficient (Wildman–Crippen LogP) is 2.78. The molecule has 3 N–H and O–H groups in total. The van der Waals surface area contributed by atoms with Crippen molar-refractivity contribution in [3.63, 3.8) is 0 Å². The third-order valence-corrected chi connectivity index (χ3v) is 5.43. The molecule has 7 heteroatoms. The SMILES string of the molecule is NC(=O)/C(O)=C\c1ccn(S(=O)(=O)c2ccc(-c3ccccc3)cc2)c1. The van der Waals surface area contributed by atoms with Gasteiger partial charge in [0.2, 0.25) is 0 Å². The molecule has 0 radical (unpaired) electrons. The summed E-state index contributed by atoms with van der Waals surface area (Å²) in [6, 6.07) is 17.6. The van der Waals surface area contributed by atoms with Gasteiger partial charge in [0, 0.05) is 12.4 Å². The second-order valence-electron chi connectivity index (χ2n) is 5.56. The van der Waals surface area contributed by atoms with Gasteiger partial charge in [-0.05, 0) is 41.0 Å². The number of nitrogens with two attached hydrogens (primary N) is 1. The molecule has 3 aromatic rings. The Morgan fingerprint density at radius 1 is 0.962 bits per heavy atom. The number of aliphatic hydroxyl groups excluding tert-OH is 1. The van der Waals surface area contributed by atoms with Crippen molar-refractivity contribution in [2.45, 2.75) is 4.90 Å². The van der Waals surface area contributed by atoms with Gasteiger partial charge in [-0.1, -0.05) is 42.5 Å². The van der Waals surface area contributed by atoms with Crippen LogP contribution in [-0.4, -0.2) is 23.4 Å². The van der Waals surface area contributed by atoms with E-state index in [0.717, 1.165) is 21.2 Å². The molecule has 0 bridgehead atoms. The number of aliphatic hydroxyl groups is 1. The molecular formula is C19H16N2O4S. The molecule has 0 spiro atoms. The van der Waals surface area contributed by atoms with E-state index in [2.05, 4.69) is 0 Å². The Kier molecular flexibility index (Phi) is 4.64. The van der Waals surface area contributed by atoms with Crippen LogP contribution in [0.1, 0.15) is 5.56 Å². The number of hydrogen-bond donors (Lipinski definition) is 2. The molecule has 1 amide bonds. The molecule has 1 heterocycles. The molecule has 0 aliphatic heterocycles. The van der Waals surface area contributed by atoms with E-state index in [1.165, 1.54) is 30.6 Å². The van der Waals surface area contributed by atoms with Crippen LogP contribution < -0.4 is 5.73 Å². The molecule has 0 saturated heterocycles. The van der Waals surface area contributed by atoms with Gasteiger partial charge < -0.3 is 10.8 Å². The molecule has 132 valence electrons. The summed E-state index contributed by atoms with van der Waals surface area (Å²) in [6.45, 7) is 0. The summed E-state index contributed by atoms with van der Waals surface area (Å²) in [5.41, 5.74) is 7.19. The molecule has 0 fully saturated rings. The van der Waals surface area contributed by atoms with Crippen LogP contribution in [0.5, 0.6) is 0 Å². The summed E-state index contributed by atoms with van der Waals surface area (Å²) >= 11 is 0. The number of aromatic nitrogens is 1. The van der Waals surface area contributed by atoms with Crippen LogP contribution in [0.3, 0.4) is 0 Å². The lowest BCUT2D eigenvalue weighted by Gasteiger charge is -2.07. The molecule has 0 unspecified atom stereocenters. The Bertz CT molecular complexity index is 1070. The number of amides is 1. The lowest BCUT2D eigenvalue weighted by atomic mass is 10.1. The zero-order valence-corrected chi connectivity index (χ0v) is 14.4. The zero-order valence-electron chi connectivity index (χ0n) is 13.6. The maximum atomic E-state index is 12.7. The van der Waals surface area contributed by atoms with E-state index in [-0.39, 0.29) is 4.90 Å². The lowest BCUT2D eigenvalue weighted by Crippen LogP contribution is -2.13. The molecule has 26 heavy (non-hydrogen) atoms. The number of hydrogen-bond acceptors (Lipinski definition) is 4. The molecule has 0 aliphatic rings. The molecule has 6 nitrogen and oxygen atoms in total. The van der Waals surface area contributed by atoms with Crippen molar-refractivity contribution in [1.29, 1.82) is 0 Å². The second-order valence-corrected chi connectivity index (χ2v) is 7.41. The fourth-order valence-corrected chi connectivity index (χ4v) is 3.63. The number of carbonyl (C=O) groups excluding carboxylic acids is 1. The first kappa shape index (κ1) is 17.5. The van der Waals surface area contributed by atoms with E-state index in [9.17, 15) is 18.3 Å². The minimum Gasteiger partial charge on any atom is -0.503 e. The smallest absolute Gasteiger partial charge is 0.283 e. The Hall–Kier alpha value is -3.32. The van der Waals surface area contributed by atoms with Gasteiger partial charge in [0.05, 0.1) is 4.90 Å². The summed E-state index contributed by atoms with van der Waals surface area (Å²) in [5, 5.41) is 9.38. The van der Waals surface area contributed by atoms with Crippen molar-refractivity contribution < 1.29 is 18.3 Å². The lowest BCUT2D eigenvalue weighted by molar-refractivity contribution is -0.116. The van der Waals surface area contributed by atoms with E-state index >= 15 is 0 Å². The molecule has 3 rings (SSSR count). The fourth-order valence-electron chi connectivity index (χ4n) is 2.43. The maximum Gasteiger partial charge on any atom is 0.283 e. The van der Waals surface area contributed by atoms with Crippen LogP contribution in [0.15, 0.2) is 83.7 Å². The minimum absolute atomic E-state index is 0.127. The number of nitrogens with zero attached hydrogens (tertiary/aromatic N) is 1. The predicted molar refractivity (Wildman–Crippen MR) is 98.7 cm³/mol. The highest BCUT2D eigenvalue weighted by Gasteiger charge is 2.17. The summed E-state index contributed by atoms with van der Waals surface area (Å²) in [7, 11) is -3.78. The third-order valence-electron chi connectivity index (χ3n) is 3.78. The average Bonchev–Trinajstić information content (AvgIpc) is 3.12. The topological polar surface area (TPSA) is 102 Å². The zero-order chi connectivity index (χ0) is 18.7. The monoisotopic (exact) mass is 368 g/mol. The molecule has 2 aromatic carbocycles. The molecule has 0 saturated carbocycles. The highest BCUT2D eigenvalue weighted by molar-refractivity contribution is 7.90. The van der Waals surface area contributed by atoms with Gasteiger partial charge in [-0.15, -0.1) is 0 Å². The van der Waals surface area contributed by atoms with Gasteiger partial charge in [0.15, 0.2) is 5.76 Å². The Balaban J connectivity index is 1.90. The van der Waals surface area contributed by atoms with Crippen LogP contribution in [0, 0.1) is 0 Å². The Morgan fingerprint density at radius 3 is 2.19 bits per heavy atom. The minimum atomic E-state index is -3.78. The maximum absolute atomic E-state index is 12.7. The van der Waals surface area contributed by atoms with Crippen molar-refractivity contribution >= 4 is 22.0 Å². The Labute approximate surface area is 150 Å². The highest BCUT2D eigenvalue weighted by Crippen LogP contribution is 2.22. The molecular weight excluding hydrogens is 352 g/mol. The van der Waals surface area contributed by atoms with Crippen molar-refractivity contribution in [3.05, 3.63) is 84.4 Å². The van der Waals surface area contributed by atoms with E-state index in [1.54, 1.807) is 12.1 Å². The van der Waals surface area contributed by atoms with E-state index in [0.29, 0.717) is 5.56 Å². The van der Waals surface area contributed by atoms with Gasteiger partial charge in [0.1, 0.15) is 0 Å². The number of carbonyl (C=O) groups is 1. The van der Waals surface area contributed by atoms with Crippen LogP contribution in [-0.2, 0) is 14.8 Å². The van der Waals surface area contributed by atoms with Gasteiger partial charge in [0.25, 0.3) is 15.9 Å². The molecule has 0 aliphatic carbocycles. The fraction of sp³-hybridized carbons (Fsp3) is 0. The molecule has 0 atom stereocenters. The van der Waals surface area contributed by atoms with Gasteiger partial charge in [-0.25, -0.2) is 12.4 Å². The van der Waals surface area contributed by atoms with Crippen LogP contribution in [0.4, 0.5) is 0 Å². The number of primary amides is 1. The van der Waals surface area contributed by atoms with Gasteiger partial charge in [-0.3, -0.25) is 4.79 Å². The van der Waals surface area contributed by atoms with Crippen LogP contribution in [0.2, 0.25) is 0 Å². The summed E-state index contributed by atoms with van der Waals surface area (Å²) in [4.78, 5) is 11.0. The largest absolute Gasteiger partial charge is 0.503 e. The standard InChI is InChI=1S/C19H16N2O4S/c20-19(23)18(22)12-14-10-11-21(13-14)26(24,25)17-8-6-16(7-9-17)15-4-2-1-3-5-15/h1-13,22H,(H2,20,23)/b18-12+. The summed E-state index contributed by atoms with van der Waals surface area (Å²) in [6.07, 6.45) is 3.73. The van der Waals surface area contributed by atoms with Crippen molar-refractivity contribution in [3.8, 4) is 11.1 Å². The Morgan fingerprint density at radius 2 is 1.58 bits per heavy atom. The van der Waals surface area contributed by atoms with E-state index < -0.39 is 21.7 Å². The molecule has 1 aromatic heterocycles. The van der Waals surface area contributed by atoms with Crippen LogP contribution >= 0.6 is 0 Å². The first-order chi connectivity index (χ1) is 12.4. The van der Waals surface area contributed by atoms with E-state index in [4.69, 9.17) is 5.73 Å². The summed E-state index contributed by atoms with van der Waals surface area (Å²) < 4.78 is 26.4. The van der Waals surface area contributed by atoms with Crippen LogP contribution in [0.25, 0.3) is 17.2 Å². The van der Waals surface area contributed by atoms with Gasteiger partial charge >= 0.3 is 0 Å². The van der Waals surface area contributed by atoms with Gasteiger partial charge in [-0.2, -0.15) is 0 Å². The quantitative estimate of drug-likeness (QED) is 0.534. The van der Waals surface area contributed by atoms with Crippen molar-refractivity contribution in [1.82, 2.24) is 3.97 Å². The first-order valence-electron chi connectivity index (χ1n) is 7.67. The van der Waals surface area contributed by atoms with Crippen molar-refractivity contribution in [2.75, 3.05) is 0 Å². The first-order valence-corrected chi connectivity index (χ1v) is 9.11. The van der Waals surface area contributed by atoms with Crippen molar-refractivity contribution in [2.24, 2.45) is 5.73 Å². The highest BCUT2D eigenvalue weighted by atomic mass is 32.2. The van der Waals surface area contributed by atoms with E-state index in [1.807, 2.05) is 30.3 Å². The third kappa shape index (κ3) is 3.52. The summed E-state index contributed by atoms with van der Waals surface area (Å²) in [5.74, 6) is -1.63. The normalized spacial score (nSPS) is 12.1. The number of benzene rings is 2.